The first-order valence-corrected chi connectivity index (χ1v) is 14.0. The summed E-state index contributed by atoms with van der Waals surface area (Å²) in [6.07, 6.45) is 1.16. The number of rotatable bonds is 14. The van der Waals surface area contributed by atoms with Crippen molar-refractivity contribution < 1.29 is 19.2 Å². The zero-order valence-corrected chi connectivity index (χ0v) is 23.4. The molecule has 0 saturated carbocycles. The van der Waals surface area contributed by atoms with Crippen molar-refractivity contribution in [1.29, 1.82) is 0 Å². The number of carbonyl (C=O) groups is 2. The zero-order chi connectivity index (χ0) is 28.2. The van der Waals surface area contributed by atoms with Gasteiger partial charge in [-0.3, -0.25) is 19.7 Å². The first kappa shape index (κ1) is 29.7. The van der Waals surface area contributed by atoms with Gasteiger partial charge in [0.05, 0.1) is 17.8 Å². The smallest absolute Gasteiger partial charge is 0.269 e. The average molecular weight is 550 g/mol. The van der Waals surface area contributed by atoms with Gasteiger partial charge < -0.3 is 15.0 Å². The van der Waals surface area contributed by atoms with Gasteiger partial charge in [-0.15, -0.1) is 11.8 Å². The van der Waals surface area contributed by atoms with Crippen LogP contribution < -0.4 is 10.1 Å². The second-order valence-electron chi connectivity index (χ2n) is 9.31. The Bertz CT molecular complexity index is 1240. The molecule has 0 aliphatic rings. The summed E-state index contributed by atoms with van der Waals surface area (Å²) in [5.41, 5.74) is 2.73. The van der Waals surface area contributed by atoms with Crippen LogP contribution in [0.1, 0.15) is 37.0 Å². The summed E-state index contributed by atoms with van der Waals surface area (Å²) in [7, 11) is 1.59. The highest BCUT2D eigenvalue weighted by atomic mass is 32.2. The van der Waals surface area contributed by atoms with Gasteiger partial charge >= 0.3 is 0 Å². The fourth-order valence-electron chi connectivity index (χ4n) is 4.02. The van der Waals surface area contributed by atoms with Crippen LogP contribution >= 0.6 is 11.8 Å². The van der Waals surface area contributed by atoms with E-state index in [1.54, 1.807) is 24.1 Å². The number of nitro benzene ring substituents is 1. The van der Waals surface area contributed by atoms with Gasteiger partial charge in [0.25, 0.3) is 5.69 Å². The van der Waals surface area contributed by atoms with Crippen LogP contribution in [0.3, 0.4) is 0 Å². The summed E-state index contributed by atoms with van der Waals surface area (Å²) < 4.78 is 5.38. The molecule has 0 heterocycles. The highest BCUT2D eigenvalue weighted by Crippen LogP contribution is 2.21. The number of amides is 2. The lowest BCUT2D eigenvalue weighted by atomic mass is 10.0. The van der Waals surface area contributed by atoms with E-state index in [1.165, 1.54) is 23.9 Å². The van der Waals surface area contributed by atoms with Crippen molar-refractivity contribution in [1.82, 2.24) is 10.2 Å². The van der Waals surface area contributed by atoms with E-state index in [0.29, 0.717) is 17.9 Å². The quantitative estimate of drug-likeness (QED) is 0.214. The number of hydrogen-bond donors (Lipinski definition) is 1. The van der Waals surface area contributed by atoms with Gasteiger partial charge in [-0.25, -0.2) is 0 Å². The molecule has 0 spiro atoms. The van der Waals surface area contributed by atoms with Crippen molar-refractivity contribution in [3.63, 3.8) is 0 Å². The summed E-state index contributed by atoms with van der Waals surface area (Å²) in [6.45, 7) is 4.20. The van der Waals surface area contributed by atoms with Gasteiger partial charge in [0.2, 0.25) is 11.8 Å². The van der Waals surface area contributed by atoms with Gasteiger partial charge in [0.1, 0.15) is 11.8 Å². The first-order chi connectivity index (χ1) is 18.8. The van der Waals surface area contributed by atoms with Gasteiger partial charge in [-0.2, -0.15) is 0 Å². The van der Waals surface area contributed by atoms with E-state index in [2.05, 4.69) is 5.32 Å². The van der Waals surface area contributed by atoms with Gasteiger partial charge in [0, 0.05) is 36.9 Å². The number of hydrogen-bond acceptors (Lipinski definition) is 6. The maximum absolute atomic E-state index is 13.7. The van der Waals surface area contributed by atoms with Gasteiger partial charge in [-0.1, -0.05) is 61.5 Å². The van der Waals surface area contributed by atoms with E-state index in [4.69, 9.17) is 4.74 Å². The predicted octanol–water partition coefficient (Wildman–Crippen LogP) is 5.39. The zero-order valence-electron chi connectivity index (χ0n) is 22.5. The van der Waals surface area contributed by atoms with Crippen LogP contribution in [0.5, 0.6) is 5.75 Å². The number of nitro groups is 1. The molecule has 9 heteroatoms. The van der Waals surface area contributed by atoms with E-state index in [0.717, 1.165) is 23.1 Å². The lowest BCUT2D eigenvalue weighted by molar-refractivity contribution is -0.384. The van der Waals surface area contributed by atoms with Crippen LogP contribution in [0.4, 0.5) is 5.69 Å². The third-order valence-electron chi connectivity index (χ3n) is 6.40. The number of benzene rings is 3. The fourth-order valence-corrected chi connectivity index (χ4v) is 4.89. The van der Waals surface area contributed by atoms with E-state index in [9.17, 15) is 19.7 Å². The van der Waals surface area contributed by atoms with Crippen LogP contribution in [0.25, 0.3) is 0 Å². The molecule has 3 aromatic rings. The second-order valence-corrected chi connectivity index (χ2v) is 10.3. The van der Waals surface area contributed by atoms with E-state index >= 15 is 0 Å². The molecule has 0 bridgehead atoms. The van der Waals surface area contributed by atoms with E-state index < -0.39 is 11.0 Å². The number of nitrogens with one attached hydrogen (secondary N) is 1. The minimum atomic E-state index is -0.708. The van der Waals surface area contributed by atoms with Gasteiger partial charge in [0.15, 0.2) is 0 Å². The standard InChI is InChI=1S/C30H35N3O5S/c1-4-22(2)31-30(35)28(18-23-9-6-5-7-10-23)32(19-25-11-8-12-27(17-25)38-3)29(34)21-39-20-24-13-15-26(16-14-24)33(36)37/h5-17,22,28H,4,18-21H2,1-3H3,(H,31,35)/t22-,28-/m1/s1. The van der Waals surface area contributed by atoms with Crippen molar-refractivity contribution in [3.05, 3.63) is 106 Å². The van der Waals surface area contributed by atoms with Gasteiger partial charge in [-0.05, 0) is 42.2 Å². The molecule has 0 unspecified atom stereocenters. The summed E-state index contributed by atoms with van der Waals surface area (Å²) in [5.74, 6) is 0.994. The number of nitrogens with zero attached hydrogens (tertiary/aromatic N) is 2. The van der Waals surface area contributed by atoms with E-state index in [1.807, 2.05) is 68.4 Å². The summed E-state index contributed by atoms with van der Waals surface area (Å²) in [4.78, 5) is 39.4. The van der Waals surface area contributed by atoms with E-state index in [-0.39, 0.29) is 35.8 Å². The fraction of sp³-hybridized carbons (Fsp3) is 0.333. The van der Waals surface area contributed by atoms with Crippen LogP contribution in [-0.2, 0) is 28.3 Å². The first-order valence-electron chi connectivity index (χ1n) is 12.9. The molecule has 2 atom stereocenters. The van der Waals surface area contributed by atoms with Crippen molar-refractivity contribution in [2.75, 3.05) is 12.9 Å². The lowest BCUT2D eigenvalue weighted by Gasteiger charge is -2.32. The highest BCUT2D eigenvalue weighted by molar-refractivity contribution is 7.99. The molecular formula is C30H35N3O5S. The summed E-state index contributed by atoms with van der Waals surface area (Å²) in [5, 5.41) is 14.0. The topological polar surface area (TPSA) is 102 Å². The Kier molecular flexibility index (Phi) is 11.4. The molecule has 0 aliphatic heterocycles. The molecule has 39 heavy (non-hydrogen) atoms. The minimum absolute atomic E-state index is 0.0268. The molecule has 206 valence electrons. The number of methoxy groups -OCH3 is 1. The number of thioether (sulfide) groups is 1. The number of carbonyl (C=O) groups excluding carboxylic acids is 2. The van der Waals surface area contributed by atoms with Crippen LogP contribution in [0.2, 0.25) is 0 Å². The highest BCUT2D eigenvalue weighted by Gasteiger charge is 2.31. The molecule has 2 amide bonds. The largest absolute Gasteiger partial charge is 0.497 e. The Morgan fingerprint density at radius 1 is 1.00 bits per heavy atom. The summed E-state index contributed by atoms with van der Waals surface area (Å²) >= 11 is 1.41. The lowest BCUT2D eigenvalue weighted by Crippen LogP contribution is -2.52. The number of non-ortho nitro benzene ring substituents is 1. The Labute approximate surface area is 233 Å². The third kappa shape index (κ3) is 9.14. The molecule has 0 fully saturated rings. The monoisotopic (exact) mass is 549 g/mol. The van der Waals surface area contributed by atoms with Crippen LogP contribution in [0.15, 0.2) is 78.9 Å². The third-order valence-corrected chi connectivity index (χ3v) is 7.39. The van der Waals surface area contributed by atoms with Crippen LogP contribution in [0, 0.1) is 10.1 Å². The Hall–Kier alpha value is -3.85. The molecule has 0 saturated heterocycles. The predicted molar refractivity (Wildman–Crippen MR) is 155 cm³/mol. The Balaban J connectivity index is 1.85. The Morgan fingerprint density at radius 2 is 1.69 bits per heavy atom. The molecule has 8 nitrogen and oxygen atoms in total. The molecule has 3 rings (SSSR count). The van der Waals surface area contributed by atoms with Crippen molar-refractivity contribution in [3.8, 4) is 5.75 Å². The normalized spacial score (nSPS) is 12.3. The SMILES string of the molecule is CC[C@@H](C)NC(=O)[C@@H](Cc1ccccc1)N(Cc1cccc(OC)c1)C(=O)CSCc1ccc([N+](=O)[O-])cc1. The molecule has 0 aliphatic carbocycles. The molecule has 0 radical (unpaired) electrons. The number of ether oxygens (including phenoxy) is 1. The minimum Gasteiger partial charge on any atom is -0.497 e. The van der Waals surface area contributed by atoms with Crippen LogP contribution in [-0.4, -0.2) is 46.6 Å². The molecule has 3 aromatic carbocycles. The maximum Gasteiger partial charge on any atom is 0.269 e. The average Bonchev–Trinajstić information content (AvgIpc) is 2.95. The van der Waals surface area contributed by atoms with Crippen molar-refractivity contribution in [2.24, 2.45) is 0 Å². The van der Waals surface area contributed by atoms with Crippen molar-refractivity contribution >= 4 is 29.3 Å². The second kappa shape index (κ2) is 14.9. The molecular weight excluding hydrogens is 514 g/mol. The molecule has 1 N–H and O–H groups in total. The maximum atomic E-state index is 13.7. The Morgan fingerprint density at radius 3 is 2.33 bits per heavy atom. The molecule has 0 aromatic heterocycles. The van der Waals surface area contributed by atoms with Crippen molar-refractivity contribution in [2.45, 2.75) is 51.1 Å². The summed E-state index contributed by atoms with van der Waals surface area (Å²) in [6, 6.07) is 22.8.